The van der Waals surface area contributed by atoms with Gasteiger partial charge in [-0.25, -0.2) is 4.98 Å². The summed E-state index contributed by atoms with van der Waals surface area (Å²) in [4.78, 5) is 20.2. The van der Waals surface area contributed by atoms with E-state index >= 15 is 0 Å². The van der Waals surface area contributed by atoms with Gasteiger partial charge in [0.1, 0.15) is 5.82 Å². The monoisotopic (exact) mass is 479 g/mol. The zero-order valence-corrected chi connectivity index (χ0v) is 20.9. The van der Waals surface area contributed by atoms with Crippen molar-refractivity contribution in [1.82, 2.24) is 19.9 Å². The number of aromatic nitrogens is 3. The number of carbonyl (C=O) groups is 1. The van der Waals surface area contributed by atoms with E-state index in [1.54, 1.807) is 0 Å². The van der Waals surface area contributed by atoms with Gasteiger partial charge in [0.25, 0.3) is 0 Å². The van der Waals surface area contributed by atoms with Crippen molar-refractivity contribution in [3.8, 4) is 11.1 Å². The van der Waals surface area contributed by atoms with Crippen molar-refractivity contribution in [2.75, 3.05) is 18.0 Å². The molecule has 6 nitrogen and oxygen atoms in total. The number of nitrogens with one attached hydrogen (secondary N) is 1. The van der Waals surface area contributed by atoms with Crippen LogP contribution in [0.2, 0.25) is 5.02 Å². The number of hydrogen-bond donors (Lipinski definition) is 1. The van der Waals surface area contributed by atoms with Gasteiger partial charge in [-0.15, -0.1) is 0 Å². The first-order valence-corrected chi connectivity index (χ1v) is 13.1. The minimum absolute atomic E-state index is 0.0990. The van der Waals surface area contributed by atoms with E-state index in [2.05, 4.69) is 16.3 Å². The van der Waals surface area contributed by atoms with Gasteiger partial charge >= 0.3 is 0 Å². The molecule has 2 aliphatic rings. The van der Waals surface area contributed by atoms with Crippen LogP contribution in [0.4, 0.5) is 5.82 Å². The molecule has 3 aromatic rings. The molecule has 1 saturated heterocycles. The Morgan fingerprint density at radius 2 is 1.68 bits per heavy atom. The molecule has 1 aromatic carbocycles. The van der Waals surface area contributed by atoms with Crippen molar-refractivity contribution in [1.29, 1.82) is 0 Å². The van der Waals surface area contributed by atoms with Crippen LogP contribution in [0.5, 0.6) is 0 Å². The molecule has 1 aliphatic heterocycles. The van der Waals surface area contributed by atoms with Crippen LogP contribution in [0.3, 0.4) is 0 Å². The summed E-state index contributed by atoms with van der Waals surface area (Å²) in [5.74, 6) is 1.40. The fraction of sp³-hybridized carbons (Fsp3) is 0.519. The summed E-state index contributed by atoms with van der Waals surface area (Å²) < 4.78 is 1.97. The second kappa shape index (κ2) is 9.95. The lowest BCUT2D eigenvalue weighted by molar-refractivity contribution is -0.126. The van der Waals surface area contributed by atoms with Crippen molar-refractivity contribution in [3.05, 3.63) is 46.7 Å². The molecule has 0 atom stereocenters. The van der Waals surface area contributed by atoms with Gasteiger partial charge in [0, 0.05) is 47.4 Å². The maximum atomic E-state index is 13.0. The van der Waals surface area contributed by atoms with Crippen molar-refractivity contribution >= 4 is 29.0 Å². The number of piperidine rings is 1. The molecule has 1 amide bonds. The Labute approximate surface area is 206 Å². The number of benzene rings is 1. The van der Waals surface area contributed by atoms with Gasteiger partial charge in [-0.05, 0) is 57.2 Å². The van der Waals surface area contributed by atoms with E-state index in [-0.39, 0.29) is 11.8 Å². The van der Waals surface area contributed by atoms with Gasteiger partial charge in [-0.2, -0.15) is 9.61 Å². The molecular weight excluding hydrogens is 446 g/mol. The maximum absolute atomic E-state index is 13.0. The largest absolute Gasteiger partial charge is 0.356 e. The number of aryl methyl sites for hydroxylation is 2. The normalized spacial score (nSPS) is 18.3. The molecule has 0 unspecified atom stereocenters. The number of carbonyl (C=O) groups excluding carboxylic acids is 1. The molecule has 0 spiro atoms. The van der Waals surface area contributed by atoms with Crippen LogP contribution in [0.25, 0.3) is 16.8 Å². The number of halogens is 1. The first-order valence-electron chi connectivity index (χ1n) is 12.7. The summed E-state index contributed by atoms with van der Waals surface area (Å²) in [6, 6.07) is 10.3. The molecule has 1 aliphatic carbocycles. The van der Waals surface area contributed by atoms with Gasteiger partial charge in [-0.1, -0.05) is 49.4 Å². The molecule has 1 N–H and O–H groups in total. The summed E-state index contributed by atoms with van der Waals surface area (Å²) in [5, 5.41) is 8.95. The Morgan fingerprint density at radius 3 is 2.35 bits per heavy atom. The highest BCUT2D eigenvalue weighted by Crippen LogP contribution is 2.32. The number of amides is 1. The molecule has 0 bridgehead atoms. The van der Waals surface area contributed by atoms with Gasteiger partial charge in [0.05, 0.1) is 5.69 Å². The molecule has 34 heavy (non-hydrogen) atoms. The highest BCUT2D eigenvalue weighted by Gasteiger charge is 2.28. The Bertz CT molecular complexity index is 1160. The number of fused-ring (bicyclic) bond motifs is 1. The third-order valence-corrected chi connectivity index (χ3v) is 7.65. The second-order valence-electron chi connectivity index (χ2n) is 9.92. The SMILES string of the molecule is Cc1cc(N2CCC(C(=O)NC3CCCCCC3)CC2)n2nc(C)c(-c3ccc(Cl)cc3)c2n1. The van der Waals surface area contributed by atoms with Gasteiger partial charge in [0.2, 0.25) is 5.91 Å². The molecule has 1 saturated carbocycles. The van der Waals surface area contributed by atoms with Crippen molar-refractivity contribution in [2.45, 2.75) is 71.3 Å². The van der Waals surface area contributed by atoms with Crippen LogP contribution in [0.1, 0.15) is 62.8 Å². The molecule has 2 fully saturated rings. The van der Waals surface area contributed by atoms with E-state index in [1.807, 2.05) is 42.6 Å². The average Bonchev–Trinajstić information content (AvgIpc) is 2.98. The van der Waals surface area contributed by atoms with E-state index in [0.717, 1.165) is 72.8 Å². The Kier molecular flexibility index (Phi) is 6.77. The lowest BCUT2D eigenvalue weighted by atomic mass is 9.95. The van der Waals surface area contributed by atoms with Crippen molar-refractivity contribution in [2.24, 2.45) is 5.92 Å². The zero-order chi connectivity index (χ0) is 23.7. The summed E-state index contributed by atoms with van der Waals surface area (Å²) in [5.41, 5.74) is 4.88. The van der Waals surface area contributed by atoms with Crippen LogP contribution in [0, 0.1) is 19.8 Å². The predicted octanol–water partition coefficient (Wildman–Crippen LogP) is 5.72. The van der Waals surface area contributed by atoms with Crippen LogP contribution >= 0.6 is 11.6 Å². The average molecular weight is 480 g/mol. The maximum Gasteiger partial charge on any atom is 0.223 e. The fourth-order valence-corrected chi connectivity index (χ4v) is 5.64. The quantitative estimate of drug-likeness (QED) is 0.486. The highest BCUT2D eigenvalue weighted by molar-refractivity contribution is 6.30. The summed E-state index contributed by atoms with van der Waals surface area (Å²) in [7, 11) is 0. The zero-order valence-electron chi connectivity index (χ0n) is 20.2. The van der Waals surface area contributed by atoms with Crippen LogP contribution in [-0.4, -0.2) is 39.6 Å². The highest BCUT2D eigenvalue weighted by atomic mass is 35.5. The first-order chi connectivity index (χ1) is 16.5. The van der Waals surface area contributed by atoms with Crippen molar-refractivity contribution in [3.63, 3.8) is 0 Å². The predicted molar refractivity (Wildman–Crippen MR) is 137 cm³/mol. The van der Waals surface area contributed by atoms with Gasteiger partial charge < -0.3 is 10.2 Å². The minimum atomic E-state index is 0.0990. The Hall–Kier alpha value is -2.60. The van der Waals surface area contributed by atoms with Crippen LogP contribution in [0.15, 0.2) is 30.3 Å². The first kappa shape index (κ1) is 23.2. The standard InChI is InChI=1S/C27H34ClN5O/c1-18-17-24(33-26(29-18)25(19(2)31-33)20-9-11-22(28)12-10-20)32-15-13-21(14-16-32)27(34)30-23-7-5-3-4-6-8-23/h9-12,17,21,23H,3-8,13-16H2,1-2H3,(H,30,34). The third-order valence-electron chi connectivity index (χ3n) is 7.40. The van der Waals surface area contributed by atoms with Crippen LogP contribution < -0.4 is 10.2 Å². The van der Waals surface area contributed by atoms with Gasteiger partial charge in [-0.3, -0.25) is 4.79 Å². The second-order valence-corrected chi connectivity index (χ2v) is 10.4. The molecule has 3 heterocycles. The number of rotatable bonds is 4. The molecule has 7 heteroatoms. The van der Waals surface area contributed by atoms with E-state index in [9.17, 15) is 4.79 Å². The lowest BCUT2D eigenvalue weighted by Gasteiger charge is -2.33. The van der Waals surface area contributed by atoms with Crippen LogP contribution in [-0.2, 0) is 4.79 Å². The molecule has 180 valence electrons. The van der Waals surface area contributed by atoms with E-state index in [4.69, 9.17) is 21.7 Å². The number of anilines is 1. The molecular formula is C27H34ClN5O. The number of hydrogen-bond acceptors (Lipinski definition) is 4. The summed E-state index contributed by atoms with van der Waals surface area (Å²) in [6.07, 6.45) is 9.08. The molecule has 0 radical (unpaired) electrons. The molecule has 2 aromatic heterocycles. The van der Waals surface area contributed by atoms with Crippen molar-refractivity contribution < 1.29 is 4.79 Å². The fourth-order valence-electron chi connectivity index (χ4n) is 5.52. The summed E-state index contributed by atoms with van der Waals surface area (Å²) >= 11 is 6.11. The van der Waals surface area contributed by atoms with E-state index in [0.29, 0.717) is 11.1 Å². The minimum Gasteiger partial charge on any atom is -0.356 e. The smallest absolute Gasteiger partial charge is 0.223 e. The Morgan fingerprint density at radius 1 is 1.00 bits per heavy atom. The third kappa shape index (κ3) is 4.78. The lowest BCUT2D eigenvalue weighted by Crippen LogP contribution is -2.44. The molecule has 5 rings (SSSR count). The summed E-state index contributed by atoms with van der Waals surface area (Å²) in [6.45, 7) is 5.75. The van der Waals surface area contributed by atoms with E-state index in [1.165, 1.54) is 25.7 Å². The Balaban J connectivity index is 1.34. The topological polar surface area (TPSA) is 62.5 Å². The van der Waals surface area contributed by atoms with E-state index < -0.39 is 0 Å². The van der Waals surface area contributed by atoms with Gasteiger partial charge in [0.15, 0.2) is 5.65 Å². The number of nitrogens with zero attached hydrogens (tertiary/aromatic N) is 4.